The molecule has 1 aliphatic rings. The Morgan fingerprint density at radius 2 is 2.25 bits per heavy atom. The second-order valence-electron chi connectivity index (χ2n) is 5.34. The fourth-order valence-corrected chi connectivity index (χ4v) is 2.45. The summed E-state index contributed by atoms with van der Waals surface area (Å²) in [7, 11) is 3.43. The maximum Gasteiger partial charge on any atom is 0.296 e. The molecule has 1 aromatic heterocycles. The van der Waals surface area contributed by atoms with Gasteiger partial charge < -0.3 is 14.2 Å². The van der Waals surface area contributed by atoms with E-state index in [0.717, 1.165) is 25.9 Å². The average molecular weight is 278 g/mol. The van der Waals surface area contributed by atoms with E-state index in [-0.39, 0.29) is 6.10 Å². The maximum absolute atomic E-state index is 12.1. The smallest absolute Gasteiger partial charge is 0.296 e. The summed E-state index contributed by atoms with van der Waals surface area (Å²) in [6.07, 6.45) is 6.14. The third kappa shape index (κ3) is 3.48. The van der Waals surface area contributed by atoms with Gasteiger partial charge in [-0.1, -0.05) is 0 Å². The molecule has 1 atom stereocenters. The normalized spacial score (nSPS) is 18.8. The highest BCUT2D eigenvalue weighted by Gasteiger charge is 2.23. The highest BCUT2D eigenvalue weighted by Crippen LogP contribution is 2.16. The molecule has 20 heavy (non-hydrogen) atoms. The van der Waals surface area contributed by atoms with Gasteiger partial charge in [0.15, 0.2) is 0 Å². The van der Waals surface area contributed by atoms with Crippen molar-refractivity contribution in [2.45, 2.75) is 31.8 Å². The number of hydrogen-bond acceptors (Lipinski definition) is 3. The number of carbonyl (C=O) groups is 2. The second-order valence-corrected chi connectivity index (χ2v) is 5.34. The maximum atomic E-state index is 12.1. The number of aryl methyl sites for hydroxylation is 1. The SMILES string of the molecule is CN(CC[C@H]1CCCCO1)C(=O)C(=O)c1cccn1C. The number of rotatable bonds is 5. The van der Waals surface area contributed by atoms with Gasteiger partial charge in [0.05, 0.1) is 11.8 Å². The summed E-state index contributed by atoms with van der Waals surface area (Å²) in [5, 5.41) is 0. The zero-order valence-corrected chi connectivity index (χ0v) is 12.2. The summed E-state index contributed by atoms with van der Waals surface area (Å²) in [6, 6.07) is 3.43. The van der Waals surface area contributed by atoms with Gasteiger partial charge in [-0.25, -0.2) is 0 Å². The molecule has 2 rings (SSSR count). The van der Waals surface area contributed by atoms with E-state index in [1.807, 2.05) is 0 Å². The zero-order valence-electron chi connectivity index (χ0n) is 12.2. The van der Waals surface area contributed by atoms with E-state index >= 15 is 0 Å². The van der Waals surface area contributed by atoms with Gasteiger partial charge >= 0.3 is 0 Å². The van der Waals surface area contributed by atoms with Crippen molar-refractivity contribution in [1.82, 2.24) is 9.47 Å². The minimum Gasteiger partial charge on any atom is -0.378 e. The summed E-state index contributed by atoms with van der Waals surface area (Å²) >= 11 is 0. The Labute approximate surface area is 119 Å². The summed E-state index contributed by atoms with van der Waals surface area (Å²) < 4.78 is 7.30. The molecule has 0 bridgehead atoms. The summed E-state index contributed by atoms with van der Waals surface area (Å²) in [5.41, 5.74) is 0.427. The van der Waals surface area contributed by atoms with Crippen molar-refractivity contribution in [2.75, 3.05) is 20.2 Å². The monoisotopic (exact) mass is 278 g/mol. The fourth-order valence-electron chi connectivity index (χ4n) is 2.45. The minimum atomic E-state index is -0.456. The number of aromatic nitrogens is 1. The van der Waals surface area contributed by atoms with Gasteiger partial charge in [0, 0.05) is 33.4 Å². The van der Waals surface area contributed by atoms with Gasteiger partial charge in [-0.3, -0.25) is 9.59 Å². The van der Waals surface area contributed by atoms with Crippen LogP contribution in [0.3, 0.4) is 0 Å². The van der Waals surface area contributed by atoms with E-state index < -0.39 is 11.7 Å². The molecule has 1 fully saturated rings. The van der Waals surface area contributed by atoms with Crippen LogP contribution in [0.15, 0.2) is 18.3 Å². The van der Waals surface area contributed by atoms with E-state index in [1.54, 1.807) is 37.0 Å². The molecule has 0 spiro atoms. The molecule has 1 aliphatic heterocycles. The second kappa shape index (κ2) is 6.70. The first-order valence-corrected chi connectivity index (χ1v) is 7.12. The number of amides is 1. The molecule has 0 radical (unpaired) electrons. The Kier molecular flexibility index (Phi) is 4.95. The molecule has 110 valence electrons. The molecule has 0 unspecified atom stereocenters. The molecule has 1 amide bonds. The molecule has 5 nitrogen and oxygen atoms in total. The lowest BCUT2D eigenvalue weighted by atomic mass is 10.1. The molecule has 1 saturated heterocycles. The molecule has 0 saturated carbocycles. The summed E-state index contributed by atoms with van der Waals surface area (Å²) in [4.78, 5) is 25.7. The molecular formula is C15H22N2O3. The van der Waals surface area contributed by atoms with Crippen molar-refractivity contribution in [2.24, 2.45) is 7.05 Å². The molecule has 0 aromatic carbocycles. The molecule has 0 N–H and O–H groups in total. The summed E-state index contributed by atoms with van der Waals surface area (Å²) in [6.45, 7) is 1.37. The first kappa shape index (κ1) is 14.8. The van der Waals surface area contributed by atoms with Crippen LogP contribution in [0.1, 0.15) is 36.2 Å². The Morgan fingerprint density at radius 3 is 2.85 bits per heavy atom. The van der Waals surface area contributed by atoms with Crippen LogP contribution in [0.4, 0.5) is 0 Å². The van der Waals surface area contributed by atoms with Crippen molar-refractivity contribution in [3.05, 3.63) is 24.0 Å². The van der Waals surface area contributed by atoms with Crippen LogP contribution >= 0.6 is 0 Å². The number of hydrogen-bond donors (Lipinski definition) is 0. The Balaban J connectivity index is 1.85. The minimum absolute atomic E-state index is 0.226. The van der Waals surface area contributed by atoms with Crippen LogP contribution < -0.4 is 0 Å². The lowest BCUT2D eigenvalue weighted by Gasteiger charge is -2.25. The predicted octanol–water partition coefficient (Wildman–Crippen LogP) is 1.63. The van der Waals surface area contributed by atoms with Crippen molar-refractivity contribution in [3.8, 4) is 0 Å². The van der Waals surface area contributed by atoms with Crippen molar-refractivity contribution in [1.29, 1.82) is 0 Å². The van der Waals surface area contributed by atoms with Gasteiger partial charge in [-0.15, -0.1) is 0 Å². The van der Waals surface area contributed by atoms with Crippen LogP contribution in [0.5, 0.6) is 0 Å². The first-order chi connectivity index (χ1) is 9.59. The Hall–Kier alpha value is -1.62. The molecule has 1 aromatic rings. The Bertz CT molecular complexity index is 475. The molecule has 2 heterocycles. The van der Waals surface area contributed by atoms with Crippen LogP contribution in [-0.4, -0.2) is 47.5 Å². The lowest BCUT2D eigenvalue weighted by Crippen LogP contribution is -2.36. The van der Waals surface area contributed by atoms with Gasteiger partial charge in [-0.2, -0.15) is 0 Å². The third-order valence-electron chi connectivity index (χ3n) is 3.78. The lowest BCUT2D eigenvalue weighted by molar-refractivity contribution is -0.125. The number of likely N-dealkylation sites (N-methyl/N-ethyl adjacent to an activating group) is 1. The molecular weight excluding hydrogens is 256 g/mol. The number of ether oxygens (including phenoxy) is 1. The summed E-state index contributed by atoms with van der Waals surface area (Å²) in [5.74, 6) is -0.910. The topological polar surface area (TPSA) is 51.5 Å². The first-order valence-electron chi connectivity index (χ1n) is 7.12. The number of nitrogens with zero attached hydrogens (tertiary/aromatic N) is 2. The quantitative estimate of drug-likeness (QED) is 0.607. The molecule has 0 aliphatic carbocycles. The molecule has 5 heteroatoms. The van der Waals surface area contributed by atoms with Gasteiger partial charge in [-0.05, 0) is 37.8 Å². The fraction of sp³-hybridized carbons (Fsp3) is 0.600. The van der Waals surface area contributed by atoms with Crippen molar-refractivity contribution < 1.29 is 14.3 Å². The highest BCUT2D eigenvalue weighted by molar-refractivity contribution is 6.42. The number of Topliss-reactive ketones (excluding diaryl/α,β-unsaturated/α-hetero) is 1. The van der Waals surface area contributed by atoms with Crippen molar-refractivity contribution >= 4 is 11.7 Å². The zero-order chi connectivity index (χ0) is 14.5. The Morgan fingerprint density at radius 1 is 1.45 bits per heavy atom. The predicted molar refractivity (Wildman–Crippen MR) is 75.6 cm³/mol. The third-order valence-corrected chi connectivity index (χ3v) is 3.78. The van der Waals surface area contributed by atoms with E-state index in [1.165, 1.54) is 11.3 Å². The largest absolute Gasteiger partial charge is 0.378 e. The van der Waals surface area contributed by atoms with E-state index in [0.29, 0.717) is 12.2 Å². The standard InChI is InChI=1S/C15H22N2O3/c1-16-9-5-7-13(16)14(18)15(19)17(2)10-8-12-6-3-4-11-20-12/h5,7,9,12H,3-4,6,8,10-11H2,1-2H3/t12-/m1/s1. The number of carbonyl (C=O) groups excluding carboxylic acids is 2. The van der Waals surface area contributed by atoms with Crippen LogP contribution in [0, 0.1) is 0 Å². The van der Waals surface area contributed by atoms with E-state index in [4.69, 9.17) is 4.74 Å². The average Bonchev–Trinajstić information content (AvgIpc) is 2.90. The highest BCUT2D eigenvalue weighted by atomic mass is 16.5. The van der Waals surface area contributed by atoms with E-state index in [2.05, 4.69) is 0 Å². The van der Waals surface area contributed by atoms with Gasteiger partial charge in [0.25, 0.3) is 11.7 Å². The van der Waals surface area contributed by atoms with E-state index in [9.17, 15) is 9.59 Å². The van der Waals surface area contributed by atoms with Gasteiger partial charge in [0.2, 0.25) is 0 Å². The van der Waals surface area contributed by atoms with Crippen LogP contribution in [-0.2, 0) is 16.6 Å². The van der Waals surface area contributed by atoms with Crippen LogP contribution in [0.25, 0.3) is 0 Å². The number of ketones is 1. The van der Waals surface area contributed by atoms with Gasteiger partial charge in [0.1, 0.15) is 0 Å². The van der Waals surface area contributed by atoms with Crippen molar-refractivity contribution in [3.63, 3.8) is 0 Å². The van der Waals surface area contributed by atoms with Crippen LogP contribution in [0.2, 0.25) is 0 Å².